The third-order valence-corrected chi connectivity index (χ3v) is 3.48. The minimum atomic E-state index is -0.682. The molecular formula is C14H22O2. The SMILES string of the molecule is CC1=CCC[C@](C)(C(=O)O)C1/C=C/C(C)C. The van der Waals surface area contributed by atoms with E-state index in [4.69, 9.17) is 0 Å². The van der Waals surface area contributed by atoms with Gasteiger partial charge in [-0.3, -0.25) is 4.79 Å². The second-order valence-electron chi connectivity index (χ2n) is 5.32. The second kappa shape index (κ2) is 4.86. The highest BCUT2D eigenvalue weighted by molar-refractivity contribution is 5.76. The highest BCUT2D eigenvalue weighted by Gasteiger charge is 2.42. The molecule has 0 amide bonds. The average Bonchev–Trinajstić information content (AvgIpc) is 2.16. The van der Waals surface area contributed by atoms with Crippen molar-refractivity contribution in [3.05, 3.63) is 23.8 Å². The molecule has 0 heterocycles. The van der Waals surface area contributed by atoms with Crippen molar-refractivity contribution in [2.24, 2.45) is 17.3 Å². The molecule has 0 aromatic carbocycles. The van der Waals surface area contributed by atoms with Gasteiger partial charge in [0.05, 0.1) is 5.41 Å². The lowest BCUT2D eigenvalue weighted by Crippen LogP contribution is -2.37. The Labute approximate surface area is 98.1 Å². The smallest absolute Gasteiger partial charge is 0.310 e. The maximum atomic E-state index is 11.4. The average molecular weight is 222 g/mol. The lowest BCUT2D eigenvalue weighted by molar-refractivity contribution is -0.150. The molecule has 0 bridgehead atoms. The normalized spacial score (nSPS) is 30.8. The zero-order chi connectivity index (χ0) is 12.3. The molecule has 0 fully saturated rings. The second-order valence-corrected chi connectivity index (χ2v) is 5.32. The van der Waals surface area contributed by atoms with E-state index < -0.39 is 11.4 Å². The number of carboxylic acid groups (broad SMARTS) is 1. The first-order chi connectivity index (χ1) is 7.38. The summed E-state index contributed by atoms with van der Waals surface area (Å²) in [6.45, 7) is 8.11. The van der Waals surface area contributed by atoms with Crippen molar-refractivity contribution in [1.82, 2.24) is 0 Å². The minimum absolute atomic E-state index is 0.0427. The predicted octanol–water partition coefficient (Wildman–Crippen LogP) is 3.65. The fraction of sp³-hybridized carbons (Fsp3) is 0.643. The van der Waals surface area contributed by atoms with Gasteiger partial charge >= 0.3 is 5.97 Å². The lowest BCUT2D eigenvalue weighted by atomic mass is 9.67. The van der Waals surface area contributed by atoms with E-state index in [2.05, 4.69) is 32.1 Å². The zero-order valence-corrected chi connectivity index (χ0v) is 10.7. The number of hydrogen-bond acceptors (Lipinski definition) is 1. The molecule has 0 spiro atoms. The first kappa shape index (κ1) is 13.0. The molecule has 2 nitrogen and oxygen atoms in total. The summed E-state index contributed by atoms with van der Waals surface area (Å²) in [6, 6.07) is 0. The van der Waals surface area contributed by atoms with E-state index in [0.29, 0.717) is 5.92 Å². The molecule has 1 rings (SSSR count). The van der Waals surface area contributed by atoms with Crippen molar-refractivity contribution in [1.29, 1.82) is 0 Å². The van der Waals surface area contributed by atoms with Crippen LogP contribution in [0.4, 0.5) is 0 Å². The van der Waals surface area contributed by atoms with Gasteiger partial charge in [-0.15, -0.1) is 0 Å². The van der Waals surface area contributed by atoms with Crippen molar-refractivity contribution in [3.63, 3.8) is 0 Å². The van der Waals surface area contributed by atoms with Crippen molar-refractivity contribution < 1.29 is 9.90 Å². The standard InChI is InChI=1S/C14H22O2/c1-10(2)7-8-12-11(3)6-5-9-14(12,4)13(15)16/h6-8,10,12H,5,9H2,1-4H3,(H,15,16)/b8-7+/t12?,14-/m0/s1. The van der Waals surface area contributed by atoms with Crippen LogP contribution in [0.5, 0.6) is 0 Å². The van der Waals surface area contributed by atoms with Gasteiger partial charge in [0.15, 0.2) is 0 Å². The van der Waals surface area contributed by atoms with E-state index in [0.717, 1.165) is 12.8 Å². The summed E-state index contributed by atoms with van der Waals surface area (Å²) in [5, 5.41) is 9.39. The molecule has 0 aliphatic heterocycles. The molecule has 2 atom stereocenters. The Balaban J connectivity index is 3.01. The van der Waals surface area contributed by atoms with E-state index in [9.17, 15) is 9.90 Å². The molecule has 1 aliphatic carbocycles. The van der Waals surface area contributed by atoms with Crippen LogP contribution < -0.4 is 0 Å². The highest BCUT2D eigenvalue weighted by Crippen LogP contribution is 2.42. The fourth-order valence-electron chi connectivity index (χ4n) is 2.32. The van der Waals surface area contributed by atoms with Crippen LogP contribution in [0.3, 0.4) is 0 Å². The van der Waals surface area contributed by atoms with Crippen LogP contribution in [0.25, 0.3) is 0 Å². The van der Waals surface area contributed by atoms with Crippen LogP contribution in [0.2, 0.25) is 0 Å². The Morgan fingerprint density at radius 3 is 2.75 bits per heavy atom. The lowest BCUT2D eigenvalue weighted by Gasteiger charge is -2.36. The molecule has 1 aliphatic rings. The van der Waals surface area contributed by atoms with Crippen molar-refractivity contribution in [3.8, 4) is 0 Å². The largest absolute Gasteiger partial charge is 0.481 e. The van der Waals surface area contributed by atoms with Gasteiger partial charge in [-0.2, -0.15) is 0 Å². The Bertz CT molecular complexity index is 326. The third kappa shape index (κ3) is 2.55. The first-order valence-electron chi connectivity index (χ1n) is 5.96. The van der Waals surface area contributed by atoms with Gasteiger partial charge in [0.2, 0.25) is 0 Å². The van der Waals surface area contributed by atoms with E-state index >= 15 is 0 Å². The maximum Gasteiger partial charge on any atom is 0.310 e. The molecule has 0 aromatic heterocycles. The summed E-state index contributed by atoms with van der Waals surface area (Å²) in [6.07, 6.45) is 7.95. The van der Waals surface area contributed by atoms with Gasteiger partial charge in [-0.25, -0.2) is 0 Å². The summed E-state index contributed by atoms with van der Waals surface area (Å²) in [4.78, 5) is 11.4. The van der Waals surface area contributed by atoms with Gasteiger partial charge in [0.1, 0.15) is 0 Å². The van der Waals surface area contributed by atoms with Gasteiger partial charge < -0.3 is 5.11 Å². The highest BCUT2D eigenvalue weighted by atomic mass is 16.4. The van der Waals surface area contributed by atoms with Crippen LogP contribution >= 0.6 is 0 Å². The van der Waals surface area contributed by atoms with Crippen LogP contribution in [0.1, 0.15) is 40.5 Å². The number of allylic oxidation sites excluding steroid dienone is 4. The molecule has 0 saturated carbocycles. The number of aliphatic carboxylic acids is 1. The summed E-state index contributed by atoms with van der Waals surface area (Å²) < 4.78 is 0. The van der Waals surface area contributed by atoms with Crippen LogP contribution in [0, 0.1) is 17.3 Å². The molecule has 16 heavy (non-hydrogen) atoms. The Kier molecular flexibility index (Phi) is 3.95. The van der Waals surface area contributed by atoms with Crippen LogP contribution in [-0.2, 0) is 4.79 Å². The van der Waals surface area contributed by atoms with Crippen LogP contribution in [0.15, 0.2) is 23.8 Å². The van der Waals surface area contributed by atoms with E-state index in [1.54, 1.807) is 0 Å². The van der Waals surface area contributed by atoms with Crippen LogP contribution in [-0.4, -0.2) is 11.1 Å². The van der Waals surface area contributed by atoms with Gasteiger partial charge in [-0.1, -0.05) is 37.6 Å². The van der Waals surface area contributed by atoms with Gasteiger partial charge in [-0.05, 0) is 32.6 Å². The Morgan fingerprint density at radius 2 is 2.25 bits per heavy atom. The number of carboxylic acids is 1. The molecule has 1 N–H and O–H groups in total. The van der Waals surface area contributed by atoms with Crippen molar-refractivity contribution in [2.75, 3.05) is 0 Å². The molecule has 0 aromatic rings. The first-order valence-corrected chi connectivity index (χ1v) is 5.96. The summed E-state index contributed by atoms with van der Waals surface area (Å²) in [7, 11) is 0. The molecule has 0 saturated heterocycles. The number of rotatable bonds is 3. The Morgan fingerprint density at radius 1 is 1.62 bits per heavy atom. The fourth-order valence-corrected chi connectivity index (χ4v) is 2.32. The minimum Gasteiger partial charge on any atom is -0.481 e. The number of hydrogen-bond donors (Lipinski definition) is 1. The Hall–Kier alpha value is -1.05. The quantitative estimate of drug-likeness (QED) is 0.740. The summed E-state index contributed by atoms with van der Waals surface area (Å²) in [5.74, 6) is -0.174. The van der Waals surface area contributed by atoms with Crippen molar-refractivity contribution in [2.45, 2.75) is 40.5 Å². The third-order valence-electron chi connectivity index (χ3n) is 3.48. The monoisotopic (exact) mass is 222 g/mol. The molecule has 0 radical (unpaired) electrons. The number of carbonyl (C=O) groups is 1. The molecular weight excluding hydrogens is 200 g/mol. The van der Waals surface area contributed by atoms with E-state index in [1.807, 2.05) is 13.8 Å². The predicted molar refractivity (Wildman–Crippen MR) is 66.2 cm³/mol. The summed E-state index contributed by atoms with van der Waals surface area (Å²) in [5.41, 5.74) is 0.553. The van der Waals surface area contributed by atoms with Gasteiger partial charge in [0.25, 0.3) is 0 Å². The molecule has 90 valence electrons. The molecule has 1 unspecified atom stereocenters. The maximum absolute atomic E-state index is 11.4. The van der Waals surface area contributed by atoms with E-state index in [-0.39, 0.29) is 5.92 Å². The van der Waals surface area contributed by atoms with Gasteiger partial charge in [0, 0.05) is 5.92 Å². The molecule has 2 heteroatoms. The van der Waals surface area contributed by atoms with E-state index in [1.165, 1.54) is 5.57 Å². The van der Waals surface area contributed by atoms with Crippen molar-refractivity contribution >= 4 is 5.97 Å². The zero-order valence-electron chi connectivity index (χ0n) is 10.7. The summed E-state index contributed by atoms with van der Waals surface area (Å²) >= 11 is 0. The topological polar surface area (TPSA) is 37.3 Å².